The van der Waals surface area contributed by atoms with Crippen LogP contribution in [0.2, 0.25) is 0 Å². The molecule has 6 heteroatoms. The largest absolute Gasteiger partial charge is 0.456 e. The Labute approximate surface area is 809 Å². The van der Waals surface area contributed by atoms with Gasteiger partial charge in [-0.1, -0.05) is 400 Å². The SMILES string of the molecule is c1ccc(C2(c3ccccc3)c3ccccc3-c3c(N(c4ccc(-c5ccc(-c6ccc7oc8ccccc8c7c6)cc5)cc4)c4ccc(-c5ccc6c(c5)oc5ccccc56)cc4)cccc32)cc1.c1ccc(C2(c3ccccc3)c3ccccc3-c3c(N(c4ccc(-c5ccc(-c6cccc7c6oc6ccccc67)cc5)cc4)c4ccc(-c5ccc6c(c5)oc5ccccc56)cc4)cccc32)cc1. The summed E-state index contributed by atoms with van der Waals surface area (Å²) in [4.78, 5) is 4.88. The smallest absolute Gasteiger partial charge is 0.143 e. The molecule has 28 rings (SSSR count). The number of nitrogens with zero attached hydrogens (tertiary/aromatic N) is 2. The number of para-hydroxylation sites is 5. The quantitative estimate of drug-likeness (QED) is 0.0961. The third-order valence-electron chi connectivity index (χ3n) is 29.2. The van der Waals surface area contributed by atoms with Crippen molar-refractivity contribution >= 4 is 122 Å². The van der Waals surface area contributed by atoms with Crippen LogP contribution in [0.25, 0.3) is 177 Å². The van der Waals surface area contributed by atoms with Gasteiger partial charge in [0.1, 0.15) is 44.7 Å². The van der Waals surface area contributed by atoms with Crippen LogP contribution in [0.15, 0.2) is 539 Å². The zero-order chi connectivity index (χ0) is 92.4. The van der Waals surface area contributed by atoms with Crippen LogP contribution >= 0.6 is 0 Å². The standard InChI is InChI=1S/2C67H43NO2/c1-3-15-49(16-4-1)67(50-17-5-2-6-18-50)59-24-10-7-21-58(59)65-60(67)25-14-26-61(65)68(52-40-35-46(36-41-52)48-37-42-56-54-19-8-11-27-62(54)69-64(56)43-48)51-38-33-45(34-39-51)44-29-31-47(32-30-44)53-22-13-23-57-55-20-9-12-28-63(55)70-66(53)57;1-3-14-50(15-4-1)67(51-16-5-2-6-17-51)59-21-10-7-20-57(59)66-60(67)22-13-23-61(66)68(53-38-32-47(33-39-53)49-34-40-56-54-18-8-11-24-62(54)70-65(56)43-49)52-36-30-45(31-37-52)44-26-28-46(29-27-44)48-35-41-64-58(42-48)55-19-9-12-25-63(55)69-64/h2*1-43H. The van der Waals surface area contributed by atoms with Crippen LogP contribution < -0.4 is 9.80 Å². The first-order valence-corrected chi connectivity index (χ1v) is 48.0. The van der Waals surface area contributed by atoms with Gasteiger partial charge in [0.2, 0.25) is 0 Å². The van der Waals surface area contributed by atoms with E-state index in [0.29, 0.717) is 0 Å². The van der Waals surface area contributed by atoms with Crippen molar-refractivity contribution in [2.75, 3.05) is 9.80 Å². The Morgan fingerprint density at radius 3 is 0.807 bits per heavy atom. The molecule has 0 atom stereocenters. The average molecular weight is 1790 g/mol. The number of hydrogen-bond acceptors (Lipinski definition) is 6. The van der Waals surface area contributed by atoms with E-state index in [1.54, 1.807) is 0 Å². The van der Waals surface area contributed by atoms with Crippen molar-refractivity contribution in [3.05, 3.63) is 566 Å². The summed E-state index contributed by atoms with van der Waals surface area (Å²) >= 11 is 0. The number of furan rings is 4. The van der Waals surface area contributed by atoms with Gasteiger partial charge in [0.05, 0.1) is 22.2 Å². The van der Waals surface area contributed by atoms with E-state index >= 15 is 0 Å². The van der Waals surface area contributed by atoms with Crippen LogP contribution in [-0.2, 0) is 10.8 Å². The van der Waals surface area contributed by atoms with Gasteiger partial charge in [0.25, 0.3) is 0 Å². The van der Waals surface area contributed by atoms with Gasteiger partial charge in [-0.15, -0.1) is 0 Å². The Morgan fingerprint density at radius 1 is 0.150 bits per heavy atom. The number of anilines is 6. The molecule has 0 fully saturated rings. The van der Waals surface area contributed by atoms with E-state index in [9.17, 15) is 0 Å². The molecule has 4 aromatic heterocycles. The lowest BCUT2D eigenvalue weighted by atomic mass is 9.68. The third-order valence-corrected chi connectivity index (χ3v) is 29.2. The lowest BCUT2D eigenvalue weighted by Crippen LogP contribution is -2.28. The normalized spacial score (nSPS) is 12.7. The van der Waals surface area contributed by atoms with Crippen LogP contribution in [0.4, 0.5) is 34.1 Å². The van der Waals surface area contributed by atoms with Crippen molar-refractivity contribution in [1.82, 2.24) is 0 Å². The number of benzene rings is 22. The fourth-order valence-corrected chi connectivity index (χ4v) is 22.8. The molecule has 2 aliphatic rings. The summed E-state index contributed by atoms with van der Waals surface area (Å²) in [6.45, 7) is 0. The molecule has 140 heavy (non-hydrogen) atoms. The monoisotopic (exact) mass is 1790 g/mol. The molecule has 0 spiro atoms. The molecule has 26 aromatic rings. The van der Waals surface area contributed by atoms with Crippen LogP contribution in [-0.4, -0.2) is 0 Å². The van der Waals surface area contributed by atoms with E-state index < -0.39 is 10.8 Å². The molecular weight excluding hydrogens is 1700 g/mol. The van der Waals surface area contributed by atoms with Gasteiger partial charge in [-0.05, 0) is 238 Å². The maximum atomic E-state index is 6.41. The molecular formula is C134H86N2O4. The fourth-order valence-electron chi connectivity index (χ4n) is 22.8. The lowest BCUT2D eigenvalue weighted by molar-refractivity contribution is 0.668. The summed E-state index contributed by atoms with van der Waals surface area (Å²) in [5.41, 5.74) is 41.3. The molecule has 0 saturated carbocycles. The highest BCUT2D eigenvalue weighted by atomic mass is 16.3. The summed E-state index contributed by atoms with van der Waals surface area (Å²) in [7, 11) is 0. The van der Waals surface area contributed by atoms with Gasteiger partial charge < -0.3 is 27.5 Å². The molecule has 22 aromatic carbocycles. The second kappa shape index (κ2) is 33.3. The Hall–Kier alpha value is -18.4. The molecule has 6 nitrogen and oxygen atoms in total. The van der Waals surface area contributed by atoms with Crippen molar-refractivity contribution < 1.29 is 17.7 Å². The maximum absolute atomic E-state index is 6.41. The van der Waals surface area contributed by atoms with Crippen molar-refractivity contribution in [3.8, 4) is 89.0 Å². The van der Waals surface area contributed by atoms with Gasteiger partial charge in [-0.2, -0.15) is 0 Å². The highest BCUT2D eigenvalue weighted by Gasteiger charge is 2.49. The highest BCUT2D eigenvalue weighted by Crippen LogP contribution is 2.62. The first kappa shape index (κ1) is 81.2. The molecule has 0 bridgehead atoms. The maximum Gasteiger partial charge on any atom is 0.143 e. The van der Waals surface area contributed by atoms with Crippen molar-refractivity contribution in [2.24, 2.45) is 0 Å². The fraction of sp³-hybridized carbons (Fsp3) is 0.0149. The summed E-state index contributed by atoms with van der Waals surface area (Å²) < 4.78 is 25.2. The van der Waals surface area contributed by atoms with Gasteiger partial charge in [0, 0.05) is 82.5 Å². The summed E-state index contributed by atoms with van der Waals surface area (Å²) in [6.07, 6.45) is 0. The van der Waals surface area contributed by atoms with E-state index in [-0.39, 0.29) is 0 Å². The average Bonchev–Trinajstić information content (AvgIpc) is 1.53. The number of rotatable bonds is 16. The molecule has 0 radical (unpaired) electrons. The van der Waals surface area contributed by atoms with Gasteiger partial charge in [-0.3, -0.25) is 0 Å². The van der Waals surface area contributed by atoms with E-state index in [0.717, 1.165) is 178 Å². The molecule has 656 valence electrons. The second-order valence-electron chi connectivity index (χ2n) is 36.7. The molecule has 0 unspecified atom stereocenters. The molecule has 0 aliphatic heterocycles. The third kappa shape index (κ3) is 13.2. The van der Waals surface area contributed by atoms with E-state index in [1.165, 1.54) is 77.9 Å². The van der Waals surface area contributed by atoms with Crippen molar-refractivity contribution in [1.29, 1.82) is 0 Å². The summed E-state index contributed by atoms with van der Waals surface area (Å²) in [6, 6.07) is 189. The van der Waals surface area contributed by atoms with E-state index in [4.69, 9.17) is 17.7 Å². The van der Waals surface area contributed by atoms with E-state index in [2.05, 4.69) is 483 Å². The Kier molecular flexibility index (Phi) is 19.3. The van der Waals surface area contributed by atoms with Crippen LogP contribution in [0.1, 0.15) is 44.5 Å². The lowest BCUT2D eigenvalue weighted by Gasteiger charge is -2.34. The number of fused-ring (bicyclic) bond motifs is 18. The van der Waals surface area contributed by atoms with Crippen LogP contribution in [0.5, 0.6) is 0 Å². The number of hydrogen-bond donors (Lipinski definition) is 0. The second-order valence-corrected chi connectivity index (χ2v) is 36.7. The van der Waals surface area contributed by atoms with E-state index in [1.807, 2.05) is 48.5 Å². The van der Waals surface area contributed by atoms with Crippen molar-refractivity contribution in [2.45, 2.75) is 10.8 Å². The Morgan fingerprint density at radius 2 is 0.407 bits per heavy atom. The summed E-state index contributed by atoms with van der Waals surface area (Å²) in [5, 5.41) is 9.07. The molecule has 0 amide bonds. The Balaban J connectivity index is 0.000000141. The van der Waals surface area contributed by atoms with Gasteiger partial charge >= 0.3 is 0 Å². The Bertz CT molecular complexity index is 9170. The van der Waals surface area contributed by atoms with Crippen LogP contribution in [0, 0.1) is 0 Å². The van der Waals surface area contributed by atoms with Gasteiger partial charge in [0.15, 0.2) is 0 Å². The minimum absolute atomic E-state index is 0.524. The predicted molar refractivity (Wildman–Crippen MR) is 579 cm³/mol. The topological polar surface area (TPSA) is 59.0 Å². The first-order valence-electron chi connectivity index (χ1n) is 48.0. The predicted octanol–water partition coefficient (Wildman–Crippen LogP) is 36.6. The minimum atomic E-state index is -0.527. The first-order chi connectivity index (χ1) is 69.4. The zero-order valence-electron chi connectivity index (χ0n) is 76.2. The van der Waals surface area contributed by atoms with Crippen LogP contribution in [0.3, 0.4) is 0 Å². The van der Waals surface area contributed by atoms with Crippen molar-refractivity contribution in [3.63, 3.8) is 0 Å². The summed E-state index contributed by atoms with van der Waals surface area (Å²) in [5.74, 6) is 0. The molecule has 0 saturated heterocycles. The minimum Gasteiger partial charge on any atom is -0.456 e. The zero-order valence-corrected chi connectivity index (χ0v) is 76.2. The molecule has 0 N–H and O–H groups in total. The molecule has 2 aliphatic carbocycles. The van der Waals surface area contributed by atoms with Gasteiger partial charge in [-0.25, -0.2) is 0 Å². The molecule has 4 heterocycles. The highest BCUT2D eigenvalue weighted by molar-refractivity contribution is 6.12.